The van der Waals surface area contributed by atoms with Crippen LogP contribution in [0.2, 0.25) is 0 Å². The lowest BCUT2D eigenvalue weighted by molar-refractivity contribution is -0.129. The SMILES string of the molecule is CC(=O)N1CCC(c2ccc(Nc3nc(-c4ccc(F)nc4C)cc4cc[nH]c(=O)c34)cc2)CC1. The Morgan fingerprint density at radius 3 is 2.51 bits per heavy atom. The van der Waals surface area contributed by atoms with Crippen LogP contribution in [0.25, 0.3) is 22.0 Å². The lowest BCUT2D eigenvalue weighted by Gasteiger charge is -2.31. The molecule has 1 amide bonds. The number of aromatic nitrogens is 3. The van der Waals surface area contributed by atoms with Gasteiger partial charge in [0, 0.05) is 43.2 Å². The molecule has 35 heavy (non-hydrogen) atoms. The number of H-pyrrole nitrogens is 1. The molecule has 0 saturated carbocycles. The Kier molecular flexibility index (Phi) is 6.03. The van der Waals surface area contributed by atoms with Gasteiger partial charge in [-0.05, 0) is 73.0 Å². The molecule has 0 bridgehead atoms. The third kappa shape index (κ3) is 4.64. The summed E-state index contributed by atoms with van der Waals surface area (Å²) in [4.78, 5) is 37.5. The lowest BCUT2D eigenvalue weighted by Crippen LogP contribution is -2.36. The first-order chi connectivity index (χ1) is 16.9. The molecule has 0 spiro atoms. The van der Waals surface area contributed by atoms with Crippen molar-refractivity contribution in [2.45, 2.75) is 32.6 Å². The van der Waals surface area contributed by atoms with Gasteiger partial charge in [0.2, 0.25) is 11.9 Å². The second-order valence-corrected chi connectivity index (χ2v) is 8.92. The number of aryl methyl sites for hydroxylation is 1. The molecule has 4 aromatic rings. The fraction of sp³-hybridized carbons (Fsp3) is 0.259. The topological polar surface area (TPSA) is 91.0 Å². The first kappa shape index (κ1) is 22.7. The zero-order valence-electron chi connectivity index (χ0n) is 19.6. The zero-order valence-corrected chi connectivity index (χ0v) is 19.6. The second-order valence-electron chi connectivity index (χ2n) is 8.92. The summed E-state index contributed by atoms with van der Waals surface area (Å²) < 4.78 is 13.6. The summed E-state index contributed by atoms with van der Waals surface area (Å²) in [6.45, 7) is 4.91. The number of carbonyl (C=O) groups excluding carboxylic acids is 1. The molecule has 178 valence electrons. The summed E-state index contributed by atoms with van der Waals surface area (Å²) in [6.07, 6.45) is 3.49. The van der Waals surface area contributed by atoms with E-state index in [9.17, 15) is 14.0 Å². The third-order valence-corrected chi connectivity index (χ3v) is 6.67. The maximum absolute atomic E-state index is 13.6. The lowest BCUT2D eigenvalue weighted by atomic mass is 9.89. The van der Waals surface area contributed by atoms with Gasteiger partial charge in [0.25, 0.3) is 5.56 Å². The number of pyridine rings is 3. The quantitative estimate of drug-likeness (QED) is 0.413. The van der Waals surface area contributed by atoms with Crippen molar-refractivity contribution in [3.05, 3.63) is 82.3 Å². The smallest absolute Gasteiger partial charge is 0.259 e. The summed E-state index contributed by atoms with van der Waals surface area (Å²) in [7, 11) is 0. The molecule has 8 heteroatoms. The van der Waals surface area contributed by atoms with Gasteiger partial charge in [0.1, 0.15) is 5.82 Å². The Balaban J connectivity index is 1.46. The normalized spacial score (nSPS) is 14.3. The summed E-state index contributed by atoms with van der Waals surface area (Å²) in [5, 5.41) is 4.47. The van der Waals surface area contributed by atoms with Gasteiger partial charge in [0.05, 0.1) is 11.1 Å². The molecule has 0 radical (unpaired) electrons. The van der Waals surface area contributed by atoms with Crippen LogP contribution < -0.4 is 10.9 Å². The van der Waals surface area contributed by atoms with Gasteiger partial charge in [-0.1, -0.05) is 12.1 Å². The van der Waals surface area contributed by atoms with E-state index in [0.29, 0.717) is 34.1 Å². The number of hydrogen-bond donors (Lipinski definition) is 2. The van der Waals surface area contributed by atoms with E-state index in [0.717, 1.165) is 37.0 Å². The minimum atomic E-state index is -0.547. The first-order valence-corrected chi connectivity index (χ1v) is 11.7. The molecule has 1 aliphatic rings. The Morgan fingerprint density at radius 1 is 1.09 bits per heavy atom. The fourth-order valence-corrected chi connectivity index (χ4v) is 4.75. The van der Waals surface area contributed by atoms with Crippen LogP contribution in [0, 0.1) is 12.9 Å². The molecule has 3 aromatic heterocycles. The third-order valence-electron chi connectivity index (χ3n) is 6.67. The number of likely N-dealkylation sites (tertiary alicyclic amines) is 1. The summed E-state index contributed by atoms with van der Waals surface area (Å²) >= 11 is 0. The van der Waals surface area contributed by atoms with Crippen molar-refractivity contribution < 1.29 is 9.18 Å². The van der Waals surface area contributed by atoms with Crippen molar-refractivity contribution in [2.75, 3.05) is 18.4 Å². The molecule has 1 fully saturated rings. The van der Waals surface area contributed by atoms with Gasteiger partial charge in [-0.25, -0.2) is 9.97 Å². The van der Waals surface area contributed by atoms with Crippen molar-refractivity contribution in [3.8, 4) is 11.3 Å². The van der Waals surface area contributed by atoms with E-state index in [1.807, 2.05) is 29.2 Å². The average Bonchev–Trinajstić information content (AvgIpc) is 2.84. The van der Waals surface area contributed by atoms with Gasteiger partial charge in [-0.2, -0.15) is 4.39 Å². The Labute approximate surface area is 202 Å². The number of halogens is 1. The highest BCUT2D eigenvalue weighted by Crippen LogP contribution is 2.31. The van der Waals surface area contributed by atoms with Crippen molar-refractivity contribution >= 4 is 28.2 Å². The van der Waals surface area contributed by atoms with E-state index >= 15 is 0 Å². The molecule has 5 rings (SSSR count). The second kappa shape index (κ2) is 9.29. The van der Waals surface area contributed by atoms with Crippen LogP contribution in [0.4, 0.5) is 15.9 Å². The highest BCUT2D eigenvalue weighted by molar-refractivity contribution is 5.95. The van der Waals surface area contributed by atoms with Crippen molar-refractivity contribution in [1.29, 1.82) is 0 Å². The highest BCUT2D eigenvalue weighted by Gasteiger charge is 2.22. The molecule has 2 N–H and O–H groups in total. The first-order valence-electron chi connectivity index (χ1n) is 11.7. The van der Waals surface area contributed by atoms with E-state index in [1.54, 1.807) is 26.1 Å². The predicted molar refractivity (Wildman–Crippen MR) is 134 cm³/mol. The molecule has 0 aliphatic carbocycles. The number of carbonyl (C=O) groups is 1. The molecule has 1 aromatic carbocycles. The van der Waals surface area contributed by atoms with Gasteiger partial charge >= 0.3 is 0 Å². The average molecular weight is 472 g/mol. The van der Waals surface area contributed by atoms with E-state index < -0.39 is 5.95 Å². The monoisotopic (exact) mass is 471 g/mol. The van der Waals surface area contributed by atoms with E-state index in [-0.39, 0.29) is 11.5 Å². The predicted octanol–water partition coefficient (Wildman–Crippen LogP) is 4.90. The summed E-state index contributed by atoms with van der Waals surface area (Å²) in [6, 6.07) is 14.7. The van der Waals surface area contributed by atoms with Crippen molar-refractivity contribution in [2.24, 2.45) is 0 Å². The van der Waals surface area contributed by atoms with Crippen LogP contribution in [0.1, 0.15) is 36.9 Å². The Bertz CT molecular complexity index is 1460. The number of benzene rings is 1. The number of nitrogens with zero attached hydrogens (tertiary/aromatic N) is 3. The maximum atomic E-state index is 13.6. The molecule has 0 atom stereocenters. The number of nitrogens with one attached hydrogen (secondary N) is 2. The standard InChI is InChI=1S/C27H26FN5O2/c1-16-22(7-8-24(28)30-16)23-15-20-9-12-29-27(35)25(20)26(32-23)31-21-5-3-18(4-6-21)19-10-13-33(14-11-19)17(2)34/h3-9,12,15,19H,10-11,13-14H2,1-2H3,(H,29,35)(H,31,32). The molecule has 7 nitrogen and oxygen atoms in total. The molecule has 0 unspecified atom stereocenters. The van der Waals surface area contributed by atoms with Crippen molar-refractivity contribution in [3.63, 3.8) is 0 Å². The van der Waals surface area contributed by atoms with Crippen LogP contribution in [-0.4, -0.2) is 38.8 Å². The van der Waals surface area contributed by atoms with Gasteiger partial charge in [-0.3, -0.25) is 9.59 Å². The number of piperidine rings is 1. The number of amides is 1. The van der Waals surface area contributed by atoms with Gasteiger partial charge in [0.15, 0.2) is 0 Å². The number of anilines is 2. The van der Waals surface area contributed by atoms with Crippen LogP contribution in [0.5, 0.6) is 0 Å². The molecular weight excluding hydrogens is 445 g/mol. The number of hydrogen-bond acceptors (Lipinski definition) is 5. The molecule has 4 heterocycles. The van der Waals surface area contributed by atoms with E-state index in [2.05, 4.69) is 27.4 Å². The highest BCUT2D eigenvalue weighted by atomic mass is 19.1. The van der Waals surface area contributed by atoms with E-state index in [1.165, 1.54) is 11.6 Å². The number of aromatic amines is 1. The molecule has 1 saturated heterocycles. The van der Waals surface area contributed by atoms with Crippen LogP contribution in [-0.2, 0) is 4.79 Å². The number of rotatable bonds is 4. The molecular formula is C27H26FN5O2. The fourth-order valence-electron chi connectivity index (χ4n) is 4.75. The maximum Gasteiger partial charge on any atom is 0.259 e. The van der Waals surface area contributed by atoms with Gasteiger partial charge in [-0.15, -0.1) is 0 Å². The van der Waals surface area contributed by atoms with E-state index in [4.69, 9.17) is 4.98 Å². The Morgan fingerprint density at radius 2 is 1.83 bits per heavy atom. The minimum absolute atomic E-state index is 0.131. The zero-order chi connectivity index (χ0) is 24.5. The Hall–Kier alpha value is -4.07. The van der Waals surface area contributed by atoms with Gasteiger partial charge < -0.3 is 15.2 Å². The summed E-state index contributed by atoms with van der Waals surface area (Å²) in [5.41, 5.74) is 3.61. The van der Waals surface area contributed by atoms with Crippen LogP contribution >= 0.6 is 0 Å². The van der Waals surface area contributed by atoms with Crippen molar-refractivity contribution in [1.82, 2.24) is 19.9 Å². The summed E-state index contributed by atoms with van der Waals surface area (Å²) in [5.74, 6) is 0.421. The largest absolute Gasteiger partial charge is 0.343 e. The van der Waals surface area contributed by atoms with Crippen LogP contribution in [0.15, 0.2) is 59.5 Å². The number of fused-ring (bicyclic) bond motifs is 1. The molecule has 1 aliphatic heterocycles. The minimum Gasteiger partial charge on any atom is -0.343 e. The van der Waals surface area contributed by atoms with Crippen LogP contribution in [0.3, 0.4) is 0 Å².